The Morgan fingerprint density at radius 3 is 2.46 bits per heavy atom. The van der Waals surface area contributed by atoms with Crippen LogP contribution in [-0.4, -0.2) is 40.3 Å². The Balaban J connectivity index is 1.45. The summed E-state index contributed by atoms with van der Waals surface area (Å²) in [5.74, 6) is 0.347. The first kappa shape index (κ1) is 15.7. The van der Waals surface area contributed by atoms with Crippen LogP contribution in [0.2, 0.25) is 0 Å². The maximum atomic E-state index is 10.7. The number of likely N-dealkylation sites (tertiary alicyclic amines) is 1. The molecular formula is C21H25NO2. The topological polar surface area (TPSA) is 43.7 Å². The second-order valence-corrected chi connectivity index (χ2v) is 7.18. The number of hydrogen-bond donors (Lipinski definition) is 2. The number of aliphatic hydroxyl groups excluding tert-OH is 1. The Kier molecular flexibility index (Phi) is 4.30. The molecule has 1 aliphatic heterocycles. The van der Waals surface area contributed by atoms with Crippen molar-refractivity contribution in [2.24, 2.45) is 0 Å². The second-order valence-electron chi connectivity index (χ2n) is 7.18. The zero-order valence-electron chi connectivity index (χ0n) is 13.9. The number of aryl methyl sites for hydroxylation is 1. The normalized spacial score (nSPS) is 27.6. The van der Waals surface area contributed by atoms with Crippen LogP contribution in [0.1, 0.15) is 35.4 Å². The van der Waals surface area contributed by atoms with E-state index in [1.807, 2.05) is 18.2 Å². The SMILES string of the molecule is Oc1ccccc1[C@H]1CCN([C@@H]2CCc3ccccc3C2)C[C@@H]1O. The standard InChI is InChI=1S/C21H25NO2/c23-20-8-4-3-7-18(20)19-11-12-22(14-21(19)24)17-10-9-15-5-1-2-6-16(15)13-17/h1-8,17,19,21,23-24H,9-14H2/t17-,19-,21+/m1/s1. The molecule has 2 N–H and O–H groups in total. The van der Waals surface area contributed by atoms with Gasteiger partial charge in [0.2, 0.25) is 0 Å². The van der Waals surface area contributed by atoms with E-state index in [-0.39, 0.29) is 5.92 Å². The molecule has 1 aliphatic carbocycles. The van der Waals surface area contributed by atoms with Gasteiger partial charge in [-0.05, 0) is 55.0 Å². The van der Waals surface area contributed by atoms with E-state index < -0.39 is 6.10 Å². The largest absolute Gasteiger partial charge is 0.508 e. The van der Waals surface area contributed by atoms with Crippen molar-refractivity contribution >= 4 is 0 Å². The van der Waals surface area contributed by atoms with Crippen LogP contribution in [0.15, 0.2) is 48.5 Å². The molecule has 3 heteroatoms. The molecule has 1 fully saturated rings. The molecule has 2 aromatic carbocycles. The van der Waals surface area contributed by atoms with Gasteiger partial charge in [0, 0.05) is 18.5 Å². The highest BCUT2D eigenvalue weighted by Crippen LogP contribution is 2.35. The van der Waals surface area contributed by atoms with Crippen molar-refractivity contribution in [2.45, 2.75) is 43.7 Å². The summed E-state index contributed by atoms with van der Waals surface area (Å²) < 4.78 is 0. The number of fused-ring (bicyclic) bond motifs is 1. The van der Waals surface area contributed by atoms with Gasteiger partial charge in [-0.25, -0.2) is 0 Å². The van der Waals surface area contributed by atoms with Crippen LogP contribution < -0.4 is 0 Å². The third-order valence-electron chi connectivity index (χ3n) is 5.79. The van der Waals surface area contributed by atoms with Crippen LogP contribution in [0, 0.1) is 0 Å². The molecule has 0 unspecified atom stereocenters. The van der Waals surface area contributed by atoms with Crippen molar-refractivity contribution in [3.63, 3.8) is 0 Å². The number of phenolic OH excluding ortho intramolecular Hbond substituents is 1. The molecule has 0 aromatic heterocycles. The summed E-state index contributed by atoms with van der Waals surface area (Å²) in [4.78, 5) is 2.46. The molecule has 1 saturated heterocycles. The van der Waals surface area contributed by atoms with Gasteiger partial charge in [-0.2, -0.15) is 0 Å². The minimum atomic E-state index is -0.413. The molecule has 24 heavy (non-hydrogen) atoms. The number of phenols is 1. The van der Waals surface area contributed by atoms with Crippen LogP contribution in [0.5, 0.6) is 5.75 Å². The summed E-state index contributed by atoms with van der Waals surface area (Å²) in [5, 5.41) is 20.8. The maximum absolute atomic E-state index is 10.7. The minimum absolute atomic E-state index is 0.0401. The van der Waals surface area contributed by atoms with Crippen molar-refractivity contribution < 1.29 is 10.2 Å². The summed E-state index contributed by atoms with van der Waals surface area (Å²) in [6, 6.07) is 16.7. The lowest BCUT2D eigenvalue weighted by Crippen LogP contribution is -2.49. The first-order valence-corrected chi connectivity index (χ1v) is 8.99. The zero-order valence-corrected chi connectivity index (χ0v) is 13.9. The number of piperidine rings is 1. The zero-order chi connectivity index (χ0) is 16.5. The number of benzene rings is 2. The number of hydrogen-bond acceptors (Lipinski definition) is 3. The smallest absolute Gasteiger partial charge is 0.119 e. The second kappa shape index (κ2) is 6.58. The highest BCUT2D eigenvalue weighted by molar-refractivity contribution is 5.36. The molecule has 0 bridgehead atoms. The number of nitrogens with zero attached hydrogens (tertiary/aromatic N) is 1. The monoisotopic (exact) mass is 323 g/mol. The fourth-order valence-corrected chi connectivity index (χ4v) is 4.44. The quantitative estimate of drug-likeness (QED) is 0.892. The molecule has 0 spiro atoms. The lowest BCUT2D eigenvalue weighted by Gasteiger charge is -2.42. The Hall–Kier alpha value is -1.84. The molecule has 0 radical (unpaired) electrons. The van der Waals surface area contributed by atoms with Crippen molar-refractivity contribution in [3.8, 4) is 5.75 Å². The van der Waals surface area contributed by atoms with Gasteiger partial charge < -0.3 is 10.2 Å². The van der Waals surface area contributed by atoms with Crippen molar-refractivity contribution in [1.82, 2.24) is 4.90 Å². The average Bonchev–Trinajstić information content (AvgIpc) is 2.62. The van der Waals surface area contributed by atoms with E-state index in [4.69, 9.17) is 0 Å². The molecule has 126 valence electrons. The highest BCUT2D eigenvalue weighted by Gasteiger charge is 2.34. The van der Waals surface area contributed by atoms with E-state index >= 15 is 0 Å². The van der Waals surface area contributed by atoms with Crippen LogP contribution in [0.4, 0.5) is 0 Å². The summed E-state index contributed by atoms with van der Waals surface area (Å²) in [6.45, 7) is 1.69. The van der Waals surface area contributed by atoms with E-state index in [1.54, 1.807) is 6.07 Å². The Labute approximate surface area is 143 Å². The van der Waals surface area contributed by atoms with Gasteiger partial charge in [0.1, 0.15) is 5.75 Å². The lowest BCUT2D eigenvalue weighted by atomic mass is 9.83. The van der Waals surface area contributed by atoms with Gasteiger partial charge in [0.25, 0.3) is 0 Å². The lowest BCUT2D eigenvalue weighted by molar-refractivity contribution is 0.0257. The maximum Gasteiger partial charge on any atom is 0.119 e. The van der Waals surface area contributed by atoms with Crippen LogP contribution in [-0.2, 0) is 12.8 Å². The van der Waals surface area contributed by atoms with E-state index in [9.17, 15) is 10.2 Å². The number of para-hydroxylation sites is 1. The Morgan fingerprint density at radius 1 is 0.917 bits per heavy atom. The number of rotatable bonds is 2. The molecular weight excluding hydrogens is 298 g/mol. The molecule has 2 aromatic rings. The summed E-state index contributed by atoms with van der Waals surface area (Å²) >= 11 is 0. The summed E-state index contributed by atoms with van der Waals surface area (Å²) in [6.07, 6.45) is 3.88. The fraction of sp³-hybridized carbons (Fsp3) is 0.429. The molecule has 0 amide bonds. The van der Waals surface area contributed by atoms with E-state index in [0.29, 0.717) is 18.3 Å². The van der Waals surface area contributed by atoms with Gasteiger partial charge >= 0.3 is 0 Å². The van der Waals surface area contributed by atoms with Gasteiger partial charge in [-0.1, -0.05) is 42.5 Å². The van der Waals surface area contributed by atoms with E-state index in [1.165, 1.54) is 17.5 Å². The molecule has 4 rings (SSSR count). The first-order chi connectivity index (χ1) is 11.7. The predicted molar refractivity (Wildman–Crippen MR) is 95.3 cm³/mol. The Bertz CT molecular complexity index is 714. The van der Waals surface area contributed by atoms with Crippen LogP contribution in [0.25, 0.3) is 0 Å². The van der Waals surface area contributed by atoms with Gasteiger partial charge in [0.15, 0.2) is 0 Å². The van der Waals surface area contributed by atoms with Crippen LogP contribution in [0.3, 0.4) is 0 Å². The number of aliphatic hydroxyl groups is 1. The predicted octanol–water partition coefficient (Wildman–Crippen LogP) is 3.10. The molecule has 3 atom stereocenters. The number of β-amino-alcohol motifs (C(OH)–C–C–N with tert-alkyl or cyclic N) is 1. The molecule has 0 saturated carbocycles. The number of aromatic hydroxyl groups is 1. The third kappa shape index (κ3) is 2.94. The van der Waals surface area contributed by atoms with Crippen molar-refractivity contribution in [3.05, 3.63) is 65.2 Å². The average molecular weight is 323 g/mol. The van der Waals surface area contributed by atoms with E-state index in [0.717, 1.165) is 31.4 Å². The summed E-state index contributed by atoms with van der Waals surface area (Å²) in [5.41, 5.74) is 3.84. The molecule has 2 aliphatic rings. The van der Waals surface area contributed by atoms with Gasteiger partial charge in [0.05, 0.1) is 6.10 Å². The highest BCUT2D eigenvalue weighted by atomic mass is 16.3. The molecule has 3 nitrogen and oxygen atoms in total. The van der Waals surface area contributed by atoms with E-state index in [2.05, 4.69) is 29.2 Å². The minimum Gasteiger partial charge on any atom is -0.508 e. The fourth-order valence-electron chi connectivity index (χ4n) is 4.44. The summed E-state index contributed by atoms with van der Waals surface area (Å²) in [7, 11) is 0. The van der Waals surface area contributed by atoms with Crippen molar-refractivity contribution in [1.29, 1.82) is 0 Å². The Morgan fingerprint density at radius 2 is 1.67 bits per heavy atom. The van der Waals surface area contributed by atoms with Crippen LogP contribution >= 0.6 is 0 Å². The van der Waals surface area contributed by atoms with Gasteiger partial charge in [-0.3, -0.25) is 4.90 Å². The van der Waals surface area contributed by atoms with Gasteiger partial charge in [-0.15, -0.1) is 0 Å². The first-order valence-electron chi connectivity index (χ1n) is 8.99. The van der Waals surface area contributed by atoms with Crippen molar-refractivity contribution in [2.75, 3.05) is 13.1 Å². The third-order valence-corrected chi connectivity index (χ3v) is 5.79. The molecule has 1 heterocycles.